The molecule has 0 radical (unpaired) electrons. The second-order valence-electron chi connectivity index (χ2n) is 4.29. The van der Waals surface area contributed by atoms with Crippen molar-refractivity contribution in [3.8, 4) is 0 Å². The van der Waals surface area contributed by atoms with E-state index in [4.69, 9.17) is 0 Å². The van der Waals surface area contributed by atoms with Crippen LogP contribution >= 0.6 is 0 Å². The van der Waals surface area contributed by atoms with Gasteiger partial charge in [-0.15, -0.1) is 0 Å². The van der Waals surface area contributed by atoms with Crippen molar-refractivity contribution < 1.29 is 8.78 Å². The van der Waals surface area contributed by atoms with Crippen LogP contribution in [0.25, 0.3) is 0 Å². The Morgan fingerprint density at radius 1 is 1.39 bits per heavy atom. The number of benzene rings is 1. The second-order valence-corrected chi connectivity index (χ2v) is 4.29. The number of rotatable bonds is 4. The fraction of sp³-hybridized carbons (Fsp3) is 0.308. The van der Waals surface area contributed by atoms with Crippen LogP contribution in [-0.4, -0.2) is 9.78 Å². The summed E-state index contributed by atoms with van der Waals surface area (Å²) in [6.07, 6.45) is 3.64. The highest BCUT2D eigenvalue weighted by molar-refractivity contribution is 5.19. The molecule has 2 rings (SSSR count). The van der Waals surface area contributed by atoms with Crippen molar-refractivity contribution in [1.29, 1.82) is 0 Å². The van der Waals surface area contributed by atoms with Gasteiger partial charge in [0, 0.05) is 37.0 Å². The lowest BCUT2D eigenvalue weighted by atomic mass is 10.1. The molecule has 0 spiro atoms. The minimum absolute atomic E-state index is 0.0290. The van der Waals surface area contributed by atoms with Gasteiger partial charge >= 0.3 is 0 Å². The van der Waals surface area contributed by atoms with E-state index in [9.17, 15) is 8.78 Å². The Labute approximate surface area is 104 Å². The van der Waals surface area contributed by atoms with E-state index in [2.05, 4.69) is 10.4 Å². The smallest absolute Gasteiger partial charge is 0.127 e. The maximum atomic E-state index is 13.4. The van der Waals surface area contributed by atoms with Crippen LogP contribution in [0.3, 0.4) is 0 Å². The van der Waals surface area contributed by atoms with E-state index in [1.807, 2.05) is 20.2 Å². The largest absolute Gasteiger partial charge is 0.306 e. The zero-order valence-corrected chi connectivity index (χ0v) is 10.3. The topological polar surface area (TPSA) is 29.9 Å². The van der Waals surface area contributed by atoms with Crippen molar-refractivity contribution in [3.63, 3.8) is 0 Å². The summed E-state index contributed by atoms with van der Waals surface area (Å²) in [6.45, 7) is 2.23. The van der Waals surface area contributed by atoms with Gasteiger partial charge in [-0.05, 0) is 25.1 Å². The van der Waals surface area contributed by atoms with Gasteiger partial charge in [-0.2, -0.15) is 5.10 Å². The van der Waals surface area contributed by atoms with Crippen molar-refractivity contribution in [1.82, 2.24) is 15.1 Å². The molecule has 0 aliphatic rings. The molecule has 1 atom stereocenters. The van der Waals surface area contributed by atoms with Crippen molar-refractivity contribution >= 4 is 0 Å². The Morgan fingerprint density at radius 2 is 2.17 bits per heavy atom. The molecule has 18 heavy (non-hydrogen) atoms. The number of aryl methyl sites for hydroxylation is 1. The van der Waals surface area contributed by atoms with Gasteiger partial charge in [0.1, 0.15) is 11.6 Å². The lowest BCUT2D eigenvalue weighted by molar-refractivity contribution is 0.535. The Bertz CT molecular complexity index is 537. The van der Waals surface area contributed by atoms with Crippen molar-refractivity contribution in [2.45, 2.75) is 19.5 Å². The maximum absolute atomic E-state index is 13.4. The lowest BCUT2D eigenvalue weighted by Gasteiger charge is -2.12. The molecule has 1 aromatic heterocycles. The molecule has 2 aromatic rings. The summed E-state index contributed by atoms with van der Waals surface area (Å²) in [6, 6.07) is 3.49. The SMILES string of the molecule is CC(NCc1cc(F)ccc1F)c1cnn(C)c1. The van der Waals surface area contributed by atoms with Crippen LogP contribution < -0.4 is 5.32 Å². The summed E-state index contributed by atoms with van der Waals surface area (Å²) >= 11 is 0. The standard InChI is InChI=1S/C13H15F2N3/c1-9(11-7-17-18(2)8-11)16-6-10-5-12(14)3-4-13(10)15/h3-5,7-9,16H,6H2,1-2H3. The first-order valence-electron chi connectivity index (χ1n) is 5.72. The molecule has 1 heterocycles. The quantitative estimate of drug-likeness (QED) is 0.905. The lowest BCUT2D eigenvalue weighted by Crippen LogP contribution is -2.18. The van der Waals surface area contributed by atoms with E-state index in [0.717, 1.165) is 17.7 Å². The van der Waals surface area contributed by atoms with E-state index in [0.29, 0.717) is 5.56 Å². The zero-order valence-electron chi connectivity index (χ0n) is 10.3. The first-order valence-corrected chi connectivity index (χ1v) is 5.72. The van der Waals surface area contributed by atoms with Crippen molar-refractivity contribution in [3.05, 3.63) is 53.4 Å². The number of nitrogens with one attached hydrogen (secondary N) is 1. The molecule has 0 saturated carbocycles. The zero-order chi connectivity index (χ0) is 13.1. The molecule has 0 amide bonds. The minimum atomic E-state index is -0.428. The average Bonchev–Trinajstić information content (AvgIpc) is 2.77. The van der Waals surface area contributed by atoms with E-state index in [-0.39, 0.29) is 12.6 Å². The number of aromatic nitrogens is 2. The number of hydrogen-bond donors (Lipinski definition) is 1. The van der Waals surface area contributed by atoms with Gasteiger partial charge in [-0.1, -0.05) is 0 Å². The van der Waals surface area contributed by atoms with E-state index < -0.39 is 11.6 Å². The van der Waals surface area contributed by atoms with Gasteiger partial charge in [0.15, 0.2) is 0 Å². The van der Waals surface area contributed by atoms with E-state index in [1.54, 1.807) is 10.9 Å². The number of hydrogen-bond acceptors (Lipinski definition) is 2. The Kier molecular flexibility index (Phi) is 3.72. The molecule has 1 N–H and O–H groups in total. The molecule has 0 aliphatic carbocycles. The highest BCUT2D eigenvalue weighted by atomic mass is 19.1. The van der Waals surface area contributed by atoms with Crippen molar-refractivity contribution in [2.24, 2.45) is 7.05 Å². The van der Waals surface area contributed by atoms with Crippen LogP contribution in [0.4, 0.5) is 8.78 Å². The summed E-state index contributed by atoms with van der Waals surface area (Å²) in [4.78, 5) is 0. The van der Waals surface area contributed by atoms with Gasteiger partial charge in [-0.25, -0.2) is 8.78 Å². The van der Waals surface area contributed by atoms with Crippen molar-refractivity contribution in [2.75, 3.05) is 0 Å². The Hall–Kier alpha value is -1.75. The third-order valence-corrected chi connectivity index (χ3v) is 2.83. The number of halogens is 2. The van der Waals surface area contributed by atoms with Gasteiger partial charge in [-0.3, -0.25) is 4.68 Å². The third-order valence-electron chi connectivity index (χ3n) is 2.83. The van der Waals surface area contributed by atoms with Gasteiger partial charge in [0.2, 0.25) is 0 Å². The fourth-order valence-electron chi connectivity index (χ4n) is 1.72. The normalized spacial score (nSPS) is 12.7. The summed E-state index contributed by atoms with van der Waals surface area (Å²) in [5.74, 6) is -0.829. The molecule has 1 unspecified atom stereocenters. The molecular weight excluding hydrogens is 236 g/mol. The molecular formula is C13H15F2N3. The first-order chi connectivity index (χ1) is 8.56. The molecule has 0 fully saturated rings. The highest BCUT2D eigenvalue weighted by Gasteiger charge is 2.09. The van der Waals surface area contributed by atoms with E-state index >= 15 is 0 Å². The van der Waals surface area contributed by atoms with Gasteiger partial charge in [0.05, 0.1) is 6.20 Å². The molecule has 0 bridgehead atoms. The molecule has 96 valence electrons. The van der Waals surface area contributed by atoms with Crippen LogP contribution in [-0.2, 0) is 13.6 Å². The van der Waals surface area contributed by atoms with Gasteiger partial charge < -0.3 is 5.32 Å². The van der Waals surface area contributed by atoms with Crippen LogP contribution in [0.1, 0.15) is 24.1 Å². The van der Waals surface area contributed by atoms with Gasteiger partial charge in [0.25, 0.3) is 0 Å². The second kappa shape index (κ2) is 5.27. The molecule has 0 saturated heterocycles. The molecule has 3 nitrogen and oxygen atoms in total. The Balaban J connectivity index is 2.01. The molecule has 1 aromatic carbocycles. The summed E-state index contributed by atoms with van der Waals surface area (Å²) in [5, 5.41) is 7.20. The monoisotopic (exact) mass is 251 g/mol. The Morgan fingerprint density at radius 3 is 2.83 bits per heavy atom. The van der Waals surface area contributed by atoms with Crippen LogP contribution in [0, 0.1) is 11.6 Å². The maximum Gasteiger partial charge on any atom is 0.127 e. The third kappa shape index (κ3) is 2.92. The predicted octanol–water partition coefficient (Wildman–Crippen LogP) is 2.55. The minimum Gasteiger partial charge on any atom is -0.306 e. The summed E-state index contributed by atoms with van der Waals surface area (Å²) < 4.78 is 28.1. The van der Waals surface area contributed by atoms with Crippen LogP contribution in [0.5, 0.6) is 0 Å². The fourth-order valence-corrected chi connectivity index (χ4v) is 1.72. The van der Waals surface area contributed by atoms with E-state index in [1.165, 1.54) is 6.07 Å². The summed E-state index contributed by atoms with van der Waals surface area (Å²) in [7, 11) is 1.84. The average molecular weight is 251 g/mol. The van der Waals surface area contributed by atoms with Crippen LogP contribution in [0.2, 0.25) is 0 Å². The summed E-state index contributed by atoms with van der Waals surface area (Å²) in [5.41, 5.74) is 1.33. The van der Waals surface area contributed by atoms with Crippen LogP contribution in [0.15, 0.2) is 30.6 Å². The predicted molar refractivity (Wildman–Crippen MR) is 64.8 cm³/mol. The molecule has 5 heteroatoms. The number of nitrogens with zero attached hydrogens (tertiary/aromatic N) is 2. The first kappa shape index (κ1) is 12.7. The highest BCUT2D eigenvalue weighted by Crippen LogP contribution is 2.14. The molecule has 0 aliphatic heterocycles.